The maximum atomic E-state index is 11.5. The van der Waals surface area contributed by atoms with Crippen molar-refractivity contribution in [2.24, 2.45) is 23.7 Å². The molecule has 1 saturated heterocycles. The molecule has 1 heterocycles. The van der Waals surface area contributed by atoms with Crippen LogP contribution < -0.4 is 0 Å². The fourth-order valence-corrected chi connectivity index (χ4v) is 3.81. The molecule has 1 aliphatic carbocycles. The molecule has 0 aromatic rings. The minimum atomic E-state index is -0.658. The van der Waals surface area contributed by atoms with E-state index in [2.05, 4.69) is 37.5 Å². The summed E-state index contributed by atoms with van der Waals surface area (Å²) in [7, 11) is 0. The minimum Gasteiger partial charge on any atom is -0.480 e. The molecule has 122 valence electrons. The summed E-state index contributed by atoms with van der Waals surface area (Å²) in [6.45, 7) is 13.6. The Balaban J connectivity index is 1.81. The summed E-state index contributed by atoms with van der Waals surface area (Å²) in [4.78, 5) is 16.1. The summed E-state index contributed by atoms with van der Waals surface area (Å²) in [5.41, 5.74) is 0. The van der Waals surface area contributed by atoms with Gasteiger partial charge in [-0.2, -0.15) is 0 Å². The lowest BCUT2D eigenvalue weighted by atomic mass is 9.69. The number of nitrogens with zero attached hydrogens (tertiary/aromatic N) is 2. The van der Waals surface area contributed by atoms with Crippen LogP contribution in [0.25, 0.3) is 0 Å². The van der Waals surface area contributed by atoms with E-state index in [1.807, 2.05) is 0 Å². The molecule has 1 atom stereocenters. The molecule has 1 saturated carbocycles. The van der Waals surface area contributed by atoms with Crippen molar-refractivity contribution in [3.05, 3.63) is 0 Å². The first kappa shape index (κ1) is 16.8. The second-order valence-electron chi connectivity index (χ2n) is 7.84. The molecule has 2 fully saturated rings. The number of piperazine rings is 1. The van der Waals surface area contributed by atoms with Crippen LogP contribution >= 0.6 is 0 Å². The average Bonchev–Trinajstić information content (AvgIpc) is 2.33. The van der Waals surface area contributed by atoms with Crippen molar-refractivity contribution in [2.75, 3.05) is 32.7 Å². The standard InChI is InChI=1S/C17H32N2O2/c1-12(2)9-19-6-5-18(11-16(19)17(20)21)10-14-7-15(8-14)13(3)4/h12-16H,5-11H2,1-4H3,(H,20,21)/t14?,15?,16-/m0/s1. The molecule has 2 aliphatic rings. The van der Waals surface area contributed by atoms with Crippen LogP contribution in [0.2, 0.25) is 0 Å². The van der Waals surface area contributed by atoms with E-state index in [1.54, 1.807) is 0 Å². The predicted molar refractivity (Wildman–Crippen MR) is 85.3 cm³/mol. The van der Waals surface area contributed by atoms with Gasteiger partial charge in [0.15, 0.2) is 0 Å². The number of carboxylic acids is 1. The Morgan fingerprint density at radius 2 is 1.86 bits per heavy atom. The van der Waals surface area contributed by atoms with Crippen molar-refractivity contribution in [3.8, 4) is 0 Å². The highest BCUT2D eigenvalue weighted by atomic mass is 16.4. The van der Waals surface area contributed by atoms with Crippen molar-refractivity contribution >= 4 is 5.97 Å². The predicted octanol–water partition coefficient (Wildman–Crippen LogP) is 2.40. The number of carbonyl (C=O) groups is 1. The molecular weight excluding hydrogens is 264 g/mol. The lowest BCUT2D eigenvalue weighted by molar-refractivity contribution is -0.146. The zero-order valence-corrected chi connectivity index (χ0v) is 14.1. The summed E-state index contributed by atoms with van der Waals surface area (Å²) >= 11 is 0. The van der Waals surface area contributed by atoms with Gasteiger partial charge in [-0.1, -0.05) is 27.7 Å². The Morgan fingerprint density at radius 3 is 2.38 bits per heavy atom. The molecule has 0 aromatic heterocycles. The molecule has 4 nitrogen and oxygen atoms in total. The molecule has 0 bridgehead atoms. The van der Waals surface area contributed by atoms with Crippen molar-refractivity contribution in [2.45, 2.75) is 46.6 Å². The third-order valence-electron chi connectivity index (χ3n) is 5.19. The number of carboxylic acid groups (broad SMARTS) is 1. The number of hydrogen-bond acceptors (Lipinski definition) is 3. The SMILES string of the molecule is CC(C)CN1CCN(CC2CC(C(C)C)C2)C[C@H]1C(=O)O. The highest BCUT2D eigenvalue weighted by Gasteiger charge is 2.36. The molecule has 0 spiro atoms. The van der Waals surface area contributed by atoms with Crippen LogP contribution in [0.3, 0.4) is 0 Å². The number of aliphatic carboxylic acids is 1. The summed E-state index contributed by atoms with van der Waals surface area (Å²) < 4.78 is 0. The van der Waals surface area contributed by atoms with Crippen LogP contribution in [-0.4, -0.2) is 59.6 Å². The van der Waals surface area contributed by atoms with Gasteiger partial charge in [0.25, 0.3) is 0 Å². The van der Waals surface area contributed by atoms with Gasteiger partial charge in [-0.3, -0.25) is 14.6 Å². The maximum Gasteiger partial charge on any atom is 0.322 e. The van der Waals surface area contributed by atoms with Crippen LogP contribution in [0, 0.1) is 23.7 Å². The third kappa shape index (κ3) is 4.43. The Hall–Kier alpha value is -0.610. The Bertz CT molecular complexity index is 351. The van der Waals surface area contributed by atoms with Gasteiger partial charge < -0.3 is 5.11 Å². The molecule has 0 amide bonds. The molecule has 1 N–H and O–H groups in total. The van der Waals surface area contributed by atoms with Gasteiger partial charge in [-0.15, -0.1) is 0 Å². The zero-order valence-electron chi connectivity index (χ0n) is 14.1. The van der Waals surface area contributed by atoms with Gasteiger partial charge in [0.05, 0.1) is 0 Å². The second-order valence-corrected chi connectivity index (χ2v) is 7.84. The molecule has 4 heteroatoms. The van der Waals surface area contributed by atoms with E-state index in [0.29, 0.717) is 12.5 Å². The van der Waals surface area contributed by atoms with Crippen LogP contribution in [-0.2, 0) is 4.79 Å². The van der Waals surface area contributed by atoms with E-state index in [4.69, 9.17) is 0 Å². The molecule has 0 radical (unpaired) electrons. The van der Waals surface area contributed by atoms with E-state index < -0.39 is 5.97 Å². The van der Waals surface area contributed by atoms with Gasteiger partial charge in [-0.05, 0) is 36.5 Å². The average molecular weight is 296 g/mol. The van der Waals surface area contributed by atoms with Gasteiger partial charge in [0.2, 0.25) is 0 Å². The summed E-state index contributed by atoms with van der Waals surface area (Å²) in [5, 5.41) is 9.49. The van der Waals surface area contributed by atoms with Gasteiger partial charge in [0.1, 0.15) is 6.04 Å². The first-order valence-electron chi connectivity index (χ1n) is 8.56. The highest BCUT2D eigenvalue weighted by molar-refractivity contribution is 5.74. The smallest absolute Gasteiger partial charge is 0.322 e. The summed E-state index contributed by atoms with van der Waals surface area (Å²) in [6, 6.07) is -0.317. The van der Waals surface area contributed by atoms with Gasteiger partial charge in [0, 0.05) is 32.7 Å². The minimum absolute atomic E-state index is 0.317. The molecule has 1 aliphatic heterocycles. The maximum absolute atomic E-state index is 11.5. The number of rotatable bonds is 6. The van der Waals surface area contributed by atoms with Crippen LogP contribution in [0.15, 0.2) is 0 Å². The number of hydrogen-bond donors (Lipinski definition) is 1. The largest absolute Gasteiger partial charge is 0.480 e. The Kier molecular flexibility index (Phi) is 5.67. The summed E-state index contributed by atoms with van der Waals surface area (Å²) in [5.74, 6) is 2.36. The van der Waals surface area contributed by atoms with Crippen molar-refractivity contribution in [1.29, 1.82) is 0 Å². The lowest BCUT2D eigenvalue weighted by Gasteiger charge is -2.45. The van der Waals surface area contributed by atoms with Crippen molar-refractivity contribution < 1.29 is 9.90 Å². The molecule has 21 heavy (non-hydrogen) atoms. The monoisotopic (exact) mass is 296 g/mol. The first-order chi connectivity index (χ1) is 9.86. The van der Waals surface area contributed by atoms with Gasteiger partial charge >= 0.3 is 5.97 Å². The lowest BCUT2D eigenvalue weighted by Crippen LogP contribution is -2.58. The molecular formula is C17H32N2O2. The molecule has 2 rings (SSSR count). The van der Waals surface area contributed by atoms with Crippen LogP contribution in [0.1, 0.15) is 40.5 Å². The first-order valence-corrected chi connectivity index (χ1v) is 8.56. The zero-order chi connectivity index (χ0) is 15.6. The van der Waals surface area contributed by atoms with E-state index >= 15 is 0 Å². The quantitative estimate of drug-likeness (QED) is 0.817. The molecule has 0 aromatic carbocycles. The Morgan fingerprint density at radius 1 is 1.19 bits per heavy atom. The highest BCUT2D eigenvalue weighted by Crippen LogP contribution is 2.39. The van der Waals surface area contributed by atoms with Crippen LogP contribution in [0.5, 0.6) is 0 Å². The van der Waals surface area contributed by atoms with E-state index in [9.17, 15) is 9.90 Å². The fraction of sp³-hybridized carbons (Fsp3) is 0.941. The normalized spacial score (nSPS) is 31.6. The molecule has 0 unspecified atom stereocenters. The Labute approximate surface area is 129 Å². The van der Waals surface area contributed by atoms with Crippen LogP contribution in [0.4, 0.5) is 0 Å². The van der Waals surface area contributed by atoms with E-state index in [1.165, 1.54) is 12.8 Å². The fourth-order valence-electron chi connectivity index (χ4n) is 3.81. The van der Waals surface area contributed by atoms with Crippen molar-refractivity contribution in [1.82, 2.24) is 9.80 Å². The third-order valence-corrected chi connectivity index (χ3v) is 5.19. The van der Waals surface area contributed by atoms with E-state index in [0.717, 1.165) is 43.9 Å². The summed E-state index contributed by atoms with van der Waals surface area (Å²) in [6.07, 6.45) is 2.67. The topological polar surface area (TPSA) is 43.8 Å². The van der Waals surface area contributed by atoms with E-state index in [-0.39, 0.29) is 6.04 Å². The second kappa shape index (κ2) is 7.10. The van der Waals surface area contributed by atoms with Gasteiger partial charge in [-0.25, -0.2) is 0 Å². The van der Waals surface area contributed by atoms with Crippen molar-refractivity contribution in [3.63, 3.8) is 0 Å².